The van der Waals surface area contributed by atoms with E-state index in [9.17, 15) is 9.90 Å². The molecule has 2 rings (SSSR count). The lowest BCUT2D eigenvalue weighted by atomic mass is 9.72. The maximum Gasteiger partial charge on any atom is 0.228 e. The van der Waals surface area contributed by atoms with Crippen LogP contribution >= 0.6 is 0 Å². The second-order valence-corrected chi connectivity index (χ2v) is 7.18. The number of aliphatic hydroxyl groups is 1. The van der Waals surface area contributed by atoms with Crippen LogP contribution in [0, 0.1) is 17.3 Å². The third-order valence-electron chi connectivity index (χ3n) is 5.16. The average Bonchev–Trinajstić information content (AvgIpc) is 2.34. The molecule has 0 aliphatic carbocycles. The zero-order chi connectivity index (χ0) is 14.3. The fourth-order valence-corrected chi connectivity index (χ4v) is 3.17. The lowest BCUT2D eigenvalue weighted by Crippen LogP contribution is -2.68. The van der Waals surface area contributed by atoms with Gasteiger partial charge in [0.1, 0.15) is 5.60 Å². The molecule has 1 amide bonds. The van der Waals surface area contributed by atoms with Crippen LogP contribution < -0.4 is 5.32 Å². The van der Waals surface area contributed by atoms with Crippen molar-refractivity contribution in [3.63, 3.8) is 0 Å². The highest BCUT2D eigenvalue weighted by atomic mass is 16.3. The lowest BCUT2D eigenvalue weighted by Gasteiger charge is -2.52. The summed E-state index contributed by atoms with van der Waals surface area (Å²) >= 11 is 0. The monoisotopic (exact) mass is 268 g/mol. The summed E-state index contributed by atoms with van der Waals surface area (Å²) < 4.78 is 0. The standard InChI is InChI=1S/C15H28N2O2/c1-11(2)15(19)9-17(10-15)13(18)14(3,4)12-6-5-7-16-8-12/h11-12,16,19H,5-10H2,1-4H3. The Morgan fingerprint density at radius 3 is 2.53 bits per heavy atom. The highest BCUT2D eigenvalue weighted by molar-refractivity contribution is 5.83. The van der Waals surface area contributed by atoms with Crippen LogP contribution in [0.5, 0.6) is 0 Å². The molecule has 0 aromatic carbocycles. The van der Waals surface area contributed by atoms with Gasteiger partial charge in [-0.3, -0.25) is 4.79 Å². The summed E-state index contributed by atoms with van der Waals surface area (Å²) in [4.78, 5) is 14.5. The van der Waals surface area contributed by atoms with E-state index in [2.05, 4.69) is 19.2 Å². The summed E-state index contributed by atoms with van der Waals surface area (Å²) in [6.07, 6.45) is 2.27. The van der Waals surface area contributed by atoms with Crippen molar-refractivity contribution >= 4 is 5.91 Å². The van der Waals surface area contributed by atoms with Crippen LogP contribution in [-0.2, 0) is 4.79 Å². The van der Waals surface area contributed by atoms with Crippen LogP contribution in [0.25, 0.3) is 0 Å². The second kappa shape index (κ2) is 5.06. The van der Waals surface area contributed by atoms with Crippen molar-refractivity contribution in [1.29, 1.82) is 0 Å². The van der Waals surface area contributed by atoms with Crippen molar-refractivity contribution in [2.24, 2.45) is 17.3 Å². The molecule has 1 atom stereocenters. The number of hydrogen-bond acceptors (Lipinski definition) is 3. The predicted octanol–water partition coefficient (Wildman–Crippen LogP) is 1.24. The van der Waals surface area contributed by atoms with E-state index in [-0.39, 0.29) is 17.2 Å². The molecule has 0 aromatic rings. The molecule has 2 fully saturated rings. The zero-order valence-corrected chi connectivity index (χ0v) is 12.7. The number of nitrogens with one attached hydrogen (secondary N) is 1. The summed E-state index contributed by atoms with van der Waals surface area (Å²) in [6, 6.07) is 0. The maximum absolute atomic E-state index is 12.6. The fourth-order valence-electron chi connectivity index (χ4n) is 3.17. The number of rotatable bonds is 3. The highest BCUT2D eigenvalue weighted by Crippen LogP contribution is 2.37. The van der Waals surface area contributed by atoms with E-state index in [4.69, 9.17) is 0 Å². The first-order valence-corrected chi connectivity index (χ1v) is 7.50. The molecule has 2 aliphatic heterocycles. The van der Waals surface area contributed by atoms with Crippen molar-refractivity contribution in [3.8, 4) is 0 Å². The van der Waals surface area contributed by atoms with E-state index < -0.39 is 5.60 Å². The van der Waals surface area contributed by atoms with Gasteiger partial charge < -0.3 is 15.3 Å². The molecule has 2 saturated heterocycles. The normalized spacial score (nSPS) is 27.3. The third kappa shape index (κ3) is 2.65. The summed E-state index contributed by atoms with van der Waals surface area (Å²) in [5.41, 5.74) is -0.998. The highest BCUT2D eigenvalue weighted by Gasteiger charge is 2.50. The van der Waals surface area contributed by atoms with Gasteiger partial charge in [-0.2, -0.15) is 0 Å². The molecule has 2 N–H and O–H groups in total. The Morgan fingerprint density at radius 1 is 1.42 bits per heavy atom. The Morgan fingerprint density at radius 2 is 2.05 bits per heavy atom. The van der Waals surface area contributed by atoms with E-state index in [0.717, 1.165) is 25.9 Å². The second-order valence-electron chi connectivity index (χ2n) is 7.18. The topological polar surface area (TPSA) is 52.6 Å². The number of carbonyl (C=O) groups is 1. The molecule has 0 radical (unpaired) electrons. The largest absolute Gasteiger partial charge is 0.386 e. The van der Waals surface area contributed by atoms with Crippen molar-refractivity contribution in [2.75, 3.05) is 26.2 Å². The molecule has 0 saturated carbocycles. The Labute approximate surface area is 116 Å². The van der Waals surface area contributed by atoms with Crippen molar-refractivity contribution in [3.05, 3.63) is 0 Å². The first-order chi connectivity index (χ1) is 8.77. The number of hydrogen-bond donors (Lipinski definition) is 2. The molecule has 0 spiro atoms. The minimum absolute atomic E-state index is 0.200. The molecular formula is C15H28N2O2. The maximum atomic E-state index is 12.6. The Hall–Kier alpha value is -0.610. The van der Waals surface area contributed by atoms with Gasteiger partial charge in [0.2, 0.25) is 5.91 Å². The van der Waals surface area contributed by atoms with Gasteiger partial charge in [-0.05, 0) is 37.8 Å². The summed E-state index contributed by atoms with van der Waals surface area (Å²) in [7, 11) is 0. The van der Waals surface area contributed by atoms with Gasteiger partial charge in [0.05, 0.1) is 13.1 Å². The molecule has 19 heavy (non-hydrogen) atoms. The Balaban J connectivity index is 1.96. The quantitative estimate of drug-likeness (QED) is 0.810. The first kappa shape index (κ1) is 14.8. The van der Waals surface area contributed by atoms with E-state index in [0.29, 0.717) is 19.0 Å². The van der Waals surface area contributed by atoms with Crippen LogP contribution in [0.3, 0.4) is 0 Å². The van der Waals surface area contributed by atoms with Crippen LogP contribution in [0.1, 0.15) is 40.5 Å². The first-order valence-electron chi connectivity index (χ1n) is 7.50. The zero-order valence-electron chi connectivity index (χ0n) is 12.7. The molecule has 4 heteroatoms. The Kier molecular flexibility index (Phi) is 3.94. The van der Waals surface area contributed by atoms with Crippen molar-refractivity contribution in [2.45, 2.75) is 46.1 Å². The number of piperidine rings is 1. The minimum Gasteiger partial charge on any atom is -0.386 e. The fraction of sp³-hybridized carbons (Fsp3) is 0.933. The predicted molar refractivity (Wildman–Crippen MR) is 75.7 cm³/mol. The van der Waals surface area contributed by atoms with Gasteiger partial charge in [0, 0.05) is 5.41 Å². The van der Waals surface area contributed by atoms with E-state index in [1.54, 1.807) is 0 Å². The third-order valence-corrected chi connectivity index (χ3v) is 5.16. The number of likely N-dealkylation sites (tertiary alicyclic amines) is 1. The molecule has 2 aliphatic rings. The summed E-state index contributed by atoms with van der Waals surface area (Å²) in [5, 5.41) is 13.7. The molecule has 0 bridgehead atoms. The van der Waals surface area contributed by atoms with Gasteiger partial charge >= 0.3 is 0 Å². The van der Waals surface area contributed by atoms with E-state index >= 15 is 0 Å². The number of β-amino-alcohol motifs (C(OH)–C–C–N with tert-alkyl or cyclic N) is 1. The van der Waals surface area contributed by atoms with Gasteiger partial charge in [-0.1, -0.05) is 27.7 Å². The van der Waals surface area contributed by atoms with Gasteiger partial charge in [-0.15, -0.1) is 0 Å². The summed E-state index contributed by atoms with van der Waals surface area (Å²) in [5.74, 6) is 0.809. The van der Waals surface area contributed by atoms with Crippen LogP contribution in [-0.4, -0.2) is 47.7 Å². The van der Waals surface area contributed by atoms with Crippen LogP contribution in [0.15, 0.2) is 0 Å². The molecule has 4 nitrogen and oxygen atoms in total. The van der Waals surface area contributed by atoms with E-state index in [1.165, 1.54) is 0 Å². The lowest BCUT2D eigenvalue weighted by molar-refractivity contribution is -0.174. The number of amides is 1. The summed E-state index contributed by atoms with van der Waals surface area (Å²) in [6.45, 7) is 11.1. The van der Waals surface area contributed by atoms with E-state index in [1.807, 2.05) is 18.7 Å². The smallest absolute Gasteiger partial charge is 0.228 e. The molecule has 1 unspecified atom stereocenters. The molecular weight excluding hydrogens is 240 g/mol. The molecule has 110 valence electrons. The number of nitrogens with zero attached hydrogens (tertiary/aromatic N) is 1. The minimum atomic E-state index is -0.670. The van der Waals surface area contributed by atoms with Crippen molar-refractivity contribution < 1.29 is 9.90 Å². The van der Waals surface area contributed by atoms with Gasteiger partial charge in [0.15, 0.2) is 0 Å². The van der Waals surface area contributed by atoms with Gasteiger partial charge in [0.25, 0.3) is 0 Å². The average molecular weight is 268 g/mol. The Bertz CT molecular complexity index is 340. The molecule has 2 heterocycles. The van der Waals surface area contributed by atoms with Gasteiger partial charge in [-0.25, -0.2) is 0 Å². The molecule has 0 aromatic heterocycles. The SMILES string of the molecule is CC(C)C1(O)CN(C(=O)C(C)(C)C2CCCNC2)C1. The van der Waals surface area contributed by atoms with Crippen molar-refractivity contribution in [1.82, 2.24) is 10.2 Å². The van der Waals surface area contributed by atoms with Crippen LogP contribution in [0.2, 0.25) is 0 Å². The van der Waals surface area contributed by atoms with Crippen LogP contribution in [0.4, 0.5) is 0 Å². The number of carbonyl (C=O) groups excluding carboxylic acids is 1.